The molecule has 1 aliphatic heterocycles. The second-order valence-electron chi connectivity index (χ2n) is 3.93. The second-order valence-corrected chi connectivity index (χ2v) is 7.05. The van der Waals surface area contributed by atoms with Crippen LogP contribution in [0, 0.1) is 0 Å². The van der Waals surface area contributed by atoms with Crippen LogP contribution in [0.4, 0.5) is 0 Å². The molecule has 21 heavy (non-hydrogen) atoms. The van der Waals surface area contributed by atoms with Crippen molar-refractivity contribution in [1.82, 2.24) is 0 Å². The van der Waals surface area contributed by atoms with Gasteiger partial charge in [-0.25, -0.2) is 0 Å². The maximum atomic E-state index is 6.14. The summed E-state index contributed by atoms with van der Waals surface area (Å²) in [4.78, 5) is 0. The first-order valence-electron chi connectivity index (χ1n) is 5.22. The van der Waals surface area contributed by atoms with Gasteiger partial charge in [0.05, 0.1) is 24.6 Å². The lowest BCUT2D eigenvalue weighted by atomic mass is 10.2. The van der Waals surface area contributed by atoms with Gasteiger partial charge in [-0.15, -0.1) is 0 Å². The average Bonchev–Trinajstić information content (AvgIpc) is 2.47. The fourth-order valence-electron chi connectivity index (χ4n) is 1.72. The highest BCUT2D eigenvalue weighted by Crippen LogP contribution is 2.60. The minimum Gasteiger partial charge on any atom is -0.447 e. The molecule has 0 spiro atoms. The van der Waals surface area contributed by atoms with Gasteiger partial charge in [-0.1, -0.05) is 69.6 Å². The maximum absolute atomic E-state index is 6.14. The molecule has 2 aromatic rings. The molecule has 1 heterocycles. The molecule has 0 saturated carbocycles. The van der Waals surface area contributed by atoms with Gasteiger partial charge in [0.1, 0.15) is 10.0 Å². The highest BCUT2D eigenvalue weighted by molar-refractivity contribution is 9.10. The van der Waals surface area contributed by atoms with Crippen molar-refractivity contribution in [2.75, 3.05) is 0 Å². The van der Waals surface area contributed by atoms with Crippen LogP contribution in [-0.2, 0) is 0 Å². The van der Waals surface area contributed by atoms with E-state index in [2.05, 4.69) is 15.9 Å². The number of rotatable bonds is 0. The van der Waals surface area contributed by atoms with Gasteiger partial charge in [0.2, 0.25) is 0 Å². The lowest BCUT2D eigenvalue weighted by Gasteiger charge is -2.25. The van der Waals surface area contributed by atoms with E-state index in [0.29, 0.717) is 4.47 Å². The highest BCUT2D eigenvalue weighted by atomic mass is 79.9. The molecule has 1 aliphatic rings. The summed E-state index contributed by atoms with van der Waals surface area (Å²) in [6, 6.07) is 1.45. The summed E-state index contributed by atoms with van der Waals surface area (Å²) in [5.74, 6) is 0.801. The summed E-state index contributed by atoms with van der Waals surface area (Å²) in [5, 5.41) is 1.03. The Morgan fingerprint density at radius 2 is 1.19 bits per heavy atom. The van der Waals surface area contributed by atoms with Gasteiger partial charge in [0.25, 0.3) is 0 Å². The van der Waals surface area contributed by atoms with Crippen LogP contribution < -0.4 is 9.47 Å². The largest absolute Gasteiger partial charge is 0.447 e. The molecular weight excluding hydrogens is 469 g/mol. The second kappa shape index (κ2) is 5.72. The molecule has 0 atom stereocenters. The summed E-state index contributed by atoms with van der Waals surface area (Å²) < 4.78 is 11.8. The third-order valence-electron chi connectivity index (χ3n) is 2.68. The summed E-state index contributed by atoms with van der Waals surface area (Å²) in [6.07, 6.45) is 0. The van der Waals surface area contributed by atoms with E-state index in [-0.39, 0.29) is 53.1 Å². The lowest BCUT2D eigenvalue weighted by Crippen LogP contribution is -2.02. The Kier molecular flexibility index (Phi) is 4.39. The van der Waals surface area contributed by atoms with E-state index in [4.69, 9.17) is 79.1 Å². The molecule has 0 aliphatic carbocycles. The minimum absolute atomic E-state index is 0.0951. The zero-order chi connectivity index (χ0) is 15.5. The van der Waals surface area contributed by atoms with E-state index in [0.717, 1.165) is 0 Å². The zero-order valence-electron chi connectivity index (χ0n) is 9.54. The first kappa shape index (κ1) is 16.1. The Bertz CT molecular complexity index is 793. The molecule has 9 heteroatoms. The van der Waals surface area contributed by atoms with Crippen LogP contribution in [0.5, 0.6) is 23.0 Å². The third kappa shape index (κ3) is 2.47. The summed E-state index contributed by atoms with van der Waals surface area (Å²) in [7, 11) is 0. The Morgan fingerprint density at radius 1 is 0.619 bits per heavy atom. The van der Waals surface area contributed by atoms with Crippen LogP contribution in [-0.4, -0.2) is 0 Å². The summed E-state index contributed by atoms with van der Waals surface area (Å²) in [6.45, 7) is 0. The van der Waals surface area contributed by atoms with E-state index < -0.39 is 0 Å². The lowest BCUT2D eigenvalue weighted by molar-refractivity contribution is 0.358. The van der Waals surface area contributed by atoms with E-state index in [9.17, 15) is 0 Å². The Morgan fingerprint density at radius 3 is 1.86 bits per heavy atom. The molecule has 2 nitrogen and oxygen atoms in total. The van der Waals surface area contributed by atoms with Gasteiger partial charge in [-0.2, -0.15) is 0 Å². The van der Waals surface area contributed by atoms with Gasteiger partial charge in [0, 0.05) is 0 Å². The number of halogens is 7. The molecule has 0 radical (unpaired) electrons. The molecule has 0 unspecified atom stereocenters. The van der Waals surface area contributed by atoms with Crippen LogP contribution in [0.3, 0.4) is 0 Å². The zero-order valence-corrected chi connectivity index (χ0v) is 15.7. The minimum atomic E-state index is 0.0951. The number of benzene rings is 2. The van der Waals surface area contributed by atoms with Crippen LogP contribution in [0.2, 0.25) is 30.1 Å². The molecule has 2 aromatic carbocycles. The molecular formula is C12HBrCl6O2. The third-order valence-corrected chi connectivity index (χ3v) is 6.02. The molecule has 0 bridgehead atoms. The molecule has 0 amide bonds. The highest BCUT2D eigenvalue weighted by Gasteiger charge is 2.32. The van der Waals surface area contributed by atoms with Gasteiger partial charge < -0.3 is 9.47 Å². The molecule has 110 valence electrons. The van der Waals surface area contributed by atoms with E-state index in [1.54, 1.807) is 0 Å². The van der Waals surface area contributed by atoms with Crippen LogP contribution >= 0.6 is 85.5 Å². The van der Waals surface area contributed by atoms with E-state index >= 15 is 0 Å². The molecule has 3 rings (SSSR count). The van der Waals surface area contributed by atoms with Crippen molar-refractivity contribution in [2.24, 2.45) is 0 Å². The monoisotopic (exact) mass is 466 g/mol. The maximum Gasteiger partial charge on any atom is 0.191 e. The number of fused-ring (bicyclic) bond motifs is 2. The van der Waals surface area contributed by atoms with E-state index in [1.165, 1.54) is 6.07 Å². The van der Waals surface area contributed by atoms with Crippen molar-refractivity contribution in [2.45, 2.75) is 0 Å². The van der Waals surface area contributed by atoms with Crippen molar-refractivity contribution >= 4 is 85.5 Å². The number of hydrogen-bond donors (Lipinski definition) is 0. The van der Waals surface area contributed by atoms with Crippen molar-refractivity contribution in [1.29, 1.82) is 0 Å². The molecule has 0 saturated heterocycles. The quantitative estimate of drug-likeness (QED) is 0.244. The predicted molar refractivity (Wildman–Crippen MR) is 90.8 cm³/mol. The fraction of sp³-hybridized carbons (Fsp3) is 0. The molecule has 0 N–H and O–H groups in total. The Hall–Kier alpha value is 0.260. The van der Waals surface area contributed by atoms with E-state index in [1.807, 2.05) is 0 Å². The Labute approximate surface area is 157 Å². The van der Waals surface area contributed by atoms with Gasteiger partial charge in [-0.3, -0.25) is 0 Å². The SMILES string of the molecule is Clc1cc(Cl)c2c(c1Cl)Oc1c(Cl)c(Cl)c(Cl)c(Br)c1O2. The first-order valence-corrected chi connectivity index (χ1v) is 8.28. The van der Waals surface area contributed by atoms with Crippen molar-refractivity contribution in [3.05, 3.63) is 40.7 Å². The molecule has 0 fully saturated rings. The summed E-state index contributed by atoms with van der Waals surface area (Å²) in [5.41, 5.74) is 0. The Balaban J connectivity index is 2.30. The van der Waals surface area contributed by atoms with Crippen LogP contribution in [0.1, 0.15) is 0 Å². The average molecular weight is 470 g/mol. The summed E-state index contributed by atoms with van der Waals surface area (Å²) >= 11 is 39.7. The normalized spacial score (nSPS) is 12.3. The first-order chi connectivity index (χ1) is 9.82. The van der Waals surface area contributed by atoms with Crippen LogP contribution in [0.15, 0.2) is 10.5 Å². The smallest absolute Gasteiger partial charge is 0.191 e. The van der Waals surface area contributed by atoms with Gasteiger partial charge in [-0.05, 0) is 22.0 Å². The fourth-order valence-corrected chi connectivity index (χ4v) is 3.59. The van der Waals surface area contributed by atoms with Crippen molar-refractivity contribution in [3.63, 3.8) is 0 Å². The number of hydrogen-bond acceptors (Lipinski definition) is 2. The van der Waals surface area contributed by atoms with Gasteiger partial charge in [0.15, 0.2) is 23.0 Å². The van der Waals surface area contributed by atoms with Crippen molar-refractivity contribution in [3.8, 4) is 23.0 Å². The van der Waals surface area contributed by atoms with Crippen LogP contribution in [0.25, 0.3) is 0 Å². The van der Waals surface area contributed by atoms with Crippen molar-refractivity contribution < 1.29 is 9.47 Å². The predicted octanol–water partition coefficient (Wildman–Crippen LogP) is 8.27. The topological polar surface area (TPSA) is 18.5 Å². The number of ether oxygens (including phenoxy) is 2. The van der Waals surface area contributed by atoms with Gasteiger partial charge >= 0.3 is 0 Å². The molecule has 0 aromatic heterocycles. The standard InChI is InChI=1S/C12HBrCl6O2/c13-4-6(17)7(18)8(19)12-10(4)20-9-3(15)1-2(14)5(16)11(9)21-12/h1H.